The molecule has 3 rings (SSSR count). The van der Waals surface area contributed by atoms with Crippen molar-refractivity contribution in [1.29, 1.82) is 0 Å². The predicted molar refractivity (Wildman–Crippen MR) is 83.6 cm³/mol. The maximum absolute atomic E-state index is 11.1. The minimum Gasteiger partial charge on any atom is -0.477 e. The molecular formula is C17H15N3O2. The van der Waals surface area contributed by atoms with Crippen molar-refractivity contribution in [2.45, 2.75) is 6.92 Å². The summed E-state index contributed by atoms with van der Waals surface area (Å²) in [4.78, 5) is 20.1. The number of carboxylic acid groups (broad SMARTS) is 1. The highest BCUT2D eigenvalue weighted by Gasteiger charge is 2.15. The Hall–Kier alpha value is -2.95. The van der Waals surface area contributed by atoms with E-state index < -0.39 is 5.97 Å². The van der Waals surface area contributed by atoms with Gasteiger partial charge in [-0.2, -0.15) is 0 Å². The number of rotatable bonds is 3. The van der Waals surface area contributed by atoms with Gasteiger partial charge in [0.1, 0.15) is 5.69 Å². The fourth-order valence-electron chi connectivity index (χ4n) is 2.44. The summed E-state index contributed by atoms with van der Waals surface area (Å²) in [5.41, 5.74) is 3.62. The van der Waals surface area contributed by atoms with Crippen molar-refractivity contribution in [1.82, 2.24) is 14.5 Å². The molecule has 0 amide bonds. The lowest BCUT2D eigenvalue weighted by Gasteiger charge is -2.09. The van der Waals surface area contributed by atoms with Crippen molar-refractivity contribution in [2.24, 2.45) is 7.05 Å². The van der Waals surface area contributed by atoms with Gasteiger partial charge in [-0.1, -0.05) is 30.3 Å². The van der Waals surface area contributed by atoms with Crippen LogP contribution in [0.15, 0.2) is 48.7 Å². The van der Waals surface area contributed by atoms with Crippen molar-refractivity contribution >= 4 is 5.97 Å². The fraction of sp³-hybridized carbons (Fsp3) is 0.118. The van der Waals surface area contributed by atoms with Gasteiger partial charge < -0.3 is 9.67 Å². The molecule has 110 valence electrons. The van der Waals surface area contributed by atoms with E-state index in [1.165, 1.54) is 0 Å². The van der Waals surface area contributed by atoms with E-state index in [-0.39, 0.29) is 5.69 Å². The summed E-state index contributed by atoms with van der Waals surface area (Å²) in [6.45, 7) is 1.90. The molecule has 0 unspecified atom stereocenters. The number of carboxylic acids is 1. The maximum Gasteiger partial charge on any atom is 0.352 e. The summed E-state index contributed by atoms with van der Waals surface area (Å²) in [5, 5.41) is 9.14. The number of aromatic carboxylic acids is 1. The molecule has 0 atom stereocenters. The highest BCUT2D eigenvalue weighted by molar-refractivity contribution is 5.87. The maximum atomic E-state index is 11.1. The minimum atomic E-state index is -0.951. The van der Waals surface area contributed by atoms with Crippen molar-refractivity contribution in [3.05, 3.63) is 60.0 Å². The highest BCUT2D eigenvalue weighted by Crippen LogP contribution is 2.25. The van der Waals surface area contributed by atoms with Crippen LogP contribution in [-0.2, 0) is 7.05 Å². The monoisotopic (exact) mass is 293 g/mol. The molecule has 0 saturated carbocycles. The topological polar surface area (TPSA) is 68.0 Å². The molecule has 0 fully saturated rings. The predicted octanol–water partition coefficient (Wildman–Crippen LogP) is 3.16. The Labute approximate surface area is 127 Å². The standard InChI is InChI=1S/C17H15N3O2/c1-11-13(14-8-9-15(17(21)22)20(14)2)10-18-16(19-11)12-6-4-3-5-7-12/h3-10H,1-2H3,(H,21,22). The summed E-state index contributed by atoms with van der Waals surface area (Å²) >= 11 is 0. The van der Waals surface area contributed by atoms with Crippen LogP contribution in [0.2, 0.25) is 0 Å². The molecule has 0 aliphatic heterocycles. The van der Waals surface area contributed by atoms with Crippen molar-refractivity contribution in [3.8, 4) is 22.6 Å². The van der Waals surface area contributed by atoms with Gasteiger partial charge in [-0.05, 0) is 19.1 Å². The third-order valence-electron chi connectivity index (χ3n) is 3.63. The normalized spacial score (nSPS) is 10.6. The second-order valence-electron chi connectivity index (χ2n) is 5.03. The Morgan fingerprint density at radius 2 is 1.86 bits per heavy atom. The number of aromatic nitrogens is 3. The van der Waals surface area contributed by atoms with Gasteiger partial charge in [0, 0.05) is 24.4 Å². The van der Waals surface area contributed by atoms with Crippen LogP contribution >= 0.6 is 0 Å². The van der Waals surface area contributed by atoms with E-state index in [0.717, 1.165) is 22.5 Å². The van der Waals surface area contributed by atoms with E-state index in [4.69, 9.17) is 5.11 Å². The average Bonchev–Trinajstić information content (AvgIpc) is 2.90. The molecule has 22 heavy (non-hydrogen) atoms. The molecular weight excluding hydrogens is 278 g/mol. The van der Waals surface area contributed by atoms with Gasteiger partial charge in [0.15, 0.2) is 5.82 Å². The summed E-state index contributed by atoms with van der Waals surface area (Å²) in [6.07, 6.45) is 1.74. The molecule has 2 aromatic heterocycles. The Kier molecular flexibility index (Phi) is 3.47. The lowest BCUT2D eigenvalue weighted by Crippen LogP contribution is -2.06. The molecule has 0 radical (unpaired) electrons. The van der Waals surface area contributed by atoms with E-state index in [9.17, 15) is 4.79 Å². The first kappa shape index (κ1) is 14.0. The second-order valence-corrected chi connectivity index (χ2v) is 5.03. The zero-order valence-corrected chi connectivity index (χ0v) is 12.3. The van der Waals surface area contributed by atoms with Gasteiger partial charge in [-0.15, -0.1) is 0 Å². The van der Waals surface area contributed by atoms with Crippen molar-refractivity contribution < 1.29 is 9.90 Å². The van der Waals surface area contributed by atoms with Crippen LogP contribution in [-0.4, -0.2) is 25.6 Å². The summed E-state index contributed by atoms with van der Waals surface area (Å²) < 4.78 is 1.64. The number of nitrogens with zero attached hydrogens (tertiary/aromatic N) is 3. The Bertz CT molecular complexity index is 838. The highest BCUT2D eigenvalue weighted by atomic mass is 16.4. The van der Waals surface area contributed by atoms with Crippen LogP contribution in [0.4, 0.5) is 0 Å². The Morgan fingerprint density at radius 3 is 2.45 bits per heavy atom. The summed E-state index contributed by atoms with van der Waals surface area (Å²) in [6, 6.07) is 13.1. The first-order chi connectivity index (χ1) is 10.6. The van der Waals surface area contributed by atoms with E-state index >= 15 is 0 Å². The SMILES string of the molecule is Cc1nc(-c2ccccc2)ncc1-c1ccc(C(=O)O)n1C. The molecule has 2 heterocycles. The molecule has 5 nitrogen and oxygen atoms in total. The van der Waals surface area contributed by atoms with Crippen LogP contribution in [0, 0.1) is 6.92 Å². The summed E-state index contributed by atoms with van der Waals surface area (Å²) in [5.74, 6) is -0.289. The van der Waals surface area contributed by atoms with Gasteiger partial charge in [0.05, 0.1) is 11.4 Å². The minimum absolute atomic E-state index is 0.238. The lowest BCUT2D eigenvalue weighted by atomic mass is 10.1. The zero-order valence-electron chi connectivity index (χ0n) is 12.3. The van der Waals surface area contributed by atoms with Crippen LogP contribution in [0.25, 0.3) is 22.6 Å². The second kappa shape index (κ2) is 5.44. The fourth-order valence-corrected chi connectivity index (χ4v) is 2.44. The molecule has 0 aliphatic rings. The number of hydrogen-bond donors (Lipinski definition) is 1. The Morgan fingerprint density at radius 1 is 1.14 bits per heavy atom. The molecule has 1 aromatic carbocycles. The third kappa shape index (κ3) is 2.37. The number of benzene rings is 1. The Balaban J connectivity index is 2.05. The van der Waals surface area contributed by atoms with Gasteiger partial charge in [-0.25, -0.2) is 14.8 Å². The van der Waals surface area contributed by atoms with Gasteiger partial charge in [0.2, 0.25) is 0 Å². The number of aryl methyl sites for hydroxylation is 1. The summed E-state index contributed by atoms with van der Waals surface area (Å²) in [7, 11) is 1.73. The third-order valence-corrected chi connectivity index (χ3v) is 3.63. The van der Waals surface area contributed by atoms with E-state index in [0.29, 0.717) is 5.82 Å². The molecule has 5 heteroatoms. The van der Waals surface area contributed by atoms with Crippen LogP contribution in [0.3, 0.4) is 0 Å². The van der Waals surface area contributed by atoms with Crippen LogP contribution in [0.5, 0.6) is 0 Å². The van der Waals surface area contributed by atoms with E-state index in [1.807, 2.05) is 37.3 Å². The zero-order chi connectivity index (χ0) is 15.7. The first-order valence-electron chi connectivity index (χ1n) is 6.86. The van der Waals surface area contributed by atoms with E-state index in [1.54, 1.807) is 29.9 Å². The van der Waals surface area contributed by atoms with Crippen LogP contribution in [0.1, 0.15) is 16.2 Å². The van der Waals surface area contributed by atoms with Crippen LogP contribution < -0.4 is 0 Å². The smallest absolute Gasteiger partial charge is 0.352 e. The number of hydrogen-bond acceptors (Lipinski definition) is 3. The first-order valence-corrected chi connectivity index (χ1v) is 6.86. The van der Waals surface area contributed by atoms with Gasteiger partial charge in [0.25, 0.3) is 0 Å². The average molecular weight is 293 g/mol. The number of carbonyl (C=O) groups is 1. The largest absolute Gasteiger partial charge is 0.477 e. The van der Waals surface area contributed by atoms with Crippen molar-refractivity contribution in [2.75, 3.05) is 0 Å². The quantitative estimate of drug-likeness (QED) is 0.805. The van der Waals surface area contributed by atoms with Gasteiger partial charge in [-0.3, -0.25) is 0 Å². The van der Waals surface area contributed by atoms with Crippen molar-refractivity contribution in [3.63, 3.8) is 0 Å². The van der Waals surface area contributed by atoms with Gasteiger partial charge >= 0.3 is 5.97 Å². The molecule has 1 N–H and O–H groups in total. The lowest BCUT2D eigenvalue weighted by molar-refractivity contribution is 0.0686. The van der Waals surface area contributed by atoms with E-state index in [2.05, 4.69) is 9.97 Å². The molecule has 0 saturated heterocycles. The molecule has 0 bridgehead atoms. The molecule has 3 aromatic rings. The molecule has 0 aliphatic carbocycles. The molecule has 0 spiro atoms.